The largest absolute Gasteiger partial charge is 0.468 e. The molecule has 1 aromatic rings. The second-order valence-electron chi connectivity index (χ2n) is 5.75. The first kappa shape index (κ1) is 20.2. The maximum Gasteiger partial charge on any atom is 0.323 e. The summed E-state index contributed by atoms with van der Waals surface area (Å²) in [7, 11) is 1.22. The van der Waals surface area contributed by atoms with Crippen molar-refractivity contribution in [2.24, 2.45) is 11.8 Å². The fourth-order valence-electron chi connectivity index (χ4n) is 3.17. The van der Waals surface area contributed by atoms with Crippen LogP contribution in [0.2, 0.25) is 5.02 Å². The van der Waals surface area contributed by atoms with Crippen molar-refractivity contribution in [3.63, 3.8) is 0 Å². The predicted molar refractivity (Wildman–Crippen MR) is 93.4 cm³/mol. The lowest BCUT2D eigenvalue weighted by atomic mass is 9.84. The van der Waals surface area contributed by atoms with Gasteiger partial charge < -0.3 is 14.2 Å². The first-order chi connectivity index (χ1) is 12.4. The number of methoxy groups -OCH3 is 1. The fourth-order valence-corrected chi connectivity index (χ4v) is 3.30. The van der Waals surface area contributed by atoms with Crippen LogP contribution in [-0.4, -0.2) is 44.3 Å². The topological polar surface area (TPSA) is 90.9 Å². The SMILES string of the molecule is CCOC(=O)[C@@H]1[C@H](C(=O)OCC)[C@@H](c2ccc(Cl)cc2)N[C@H]1C(=O)OC. The summed E-state index contributed by atoms with van der Waals surface area (Å²) in [6.07, 6.45) is 0. The molecule has 0 aromatic heterocycles. The summed E-state index contributed by atoms with van der Waals surface area (Å²) in [6.45, 7) is 3.61. The average molecular weight is 384 g/mol. The van der Waals surface area contributed by atoms with Crippen LogP contribution in [0.15, 0.2) is 24.3 Å². The lowest BCUT2D eigenvalue weighted by Gasteiger charge is -2.22. The molecule has 8 heteroatoms. The van der Waals surface area contributed by atoms with Gasteiger partial charge in [0.25, 0.3) is 0 Å². The van der Waals surface area contributed by atoms with Gasteiger partial charge in [0.15, 0.2) is 0 Å². The van der Waals surface area contributed by atoms with Crippen molar-refractivity contribution in [1.82, 2.24) is 5.32 Å². The number of halogens is 1. The van der Waals surface area contributed by atoms with Gasteiger partial charge in [0.05, 0.1) is 32.2 Å². The maximum atomic E-state index is 12.6. The minimum atomic E-state index is -1.05. The van der Waals surface area contributed by atoms with E-state index in [1.165, 1.54) is 7.11 Å². The van der Waals surface area contributed by atoms with Crippen LogP contribution in [0.4, 0.5) is 0 Å². The Morgan fingerprint density at radius 2 is 1.50 bits per heavy atom. The molecule has 0 unspecified atom stereocenters. The number of hydrogen-bond donors (Lipinski definition) is 1. The van der Waals surface area contributed by atoms with Crippen molar-refractivity contribution < 1.29 is 28.6 Å². The van der Waals surface area contributed by atoms with Crippen molar-refractivity contribution in [2.75, 3.05) is 20.3 Å². The summed E-state index contributed by atoms with van der Waals surface area (Å²) in [5.74, 6) is -3.86. The summed E-state index contributed by atoms with van der Waals surface area (Å²) in [4.78, 5) is 37.4. The molecule has 0 spiro atoms. The van der Waals surface area contributed by atoms with E-state index in [9.17, 15) is 14.4 Å². The predicted octanol–water partition coefficient (Wildman–Crippen LogP) is 1.88. The first-order valence-corrected chi connectivity index (χ1v) is 8.74. The molecule has 142 valence electrons. The molecule has 7 nitrogen and oxygen atoms in total. The minimum absolute atomic E-state index is 0.129. The van der Waals surface area contributed by atoms with Crippen LogP contribution in [0.3, 0.4) is 0 Å². The molecule has 1 N–H and O–H groups in total. The number of nitrogens with one attached hydrogen (secondary N) is 1. The van der Waals surface area contributed by atoms with Gasteiger partial charge in [-0.15, -0.1) is 0 Å². The van der Waals surface area contributed by atoms with Gasteiger partial charge in [-0.1, -0.05) is 23.7 Å². The summed E-state index contributed by atoms with van der Waals surface area (Å²) in [6, 6.07) is 5.17. The van der Waals surface area contributed by atoms with Crippen molar-refractivity contribution in [2.45, 2.75) is 25.9 Å². The smallest absolute Gasteiger partial charge is 0.323 e. The molecule has 0 aliphatic carbocycles. The molecule has 0 amide bonds. The maximum absolute atomic E-state index is 12.6. The Bertz CT molecular complexity index is 662. The van der Waals surface area contributed by atoms with Gasteiger partial charge in [-0.05, 0) is 31.5 Å². The van der Waals surface area contributed by atoms with E-state index in [2.05, 4.69) is 5.32 Å². The van der Waals surface area contributed by atoms with Gasteiger partial charge in [0, 0.05) is 11.1 Å². The van der Waals surface area contributed by atoms with E-state index in [-0.39, 0.29) is 13.2 Å². The molecule has 1 fully saturated rings. The zero-order valence-corrected chi connectivity index (χ0v) is 15.6. The molecular formula is C18H22ClNO6. The summed E-state index contributed by atoms with van der Waals surface area (Å²) >= 11 is 5.93. The monoisotopic (exact) mass is 383 g/mol. The number of rotatable bonds is 6. The second-order valence-corrected chi connectivity index (χ2v) is 6.19. The third-order valence-corrected chi connectivity index (χ3v) is 4.52. The van der Waals surface area contributed by atoms with Gasteiger partial charge in [-0.2, -0.15) is 0 Å². The highest BCUT2D eigenvalue weighted by molar-refractivity contribution is 6.30. The zero-order chi connectivity index (χ0) is 19.3. The molecule has 0 bridgehead atoms. The van der Waals surface area contributed by atoms with Crippen LogP contribution in [-0.2, 0) is 28.6 Å². The van der Waals surface area contributed by atoms with Gasteiger partial charge in [0.2, 0.25) is 0 Å². The lowest BCUT2D eigenvalue weighted by molar-refractivity contribution is -0.162. The van der Waals surface area contributed by atoms with Gasteiger partial charge in [0.1, 0.15) is 6.04 Å². The Kier molecular flexibility index (Phi) is 6.99. The third kappa shape index (κ3) is 4.16. The molecule has 4 atom stereocenters. The molecule has 26 heavy (non-hydrogen) atoms. The Balaban J connectivity index is 2.47. The van der Waals surface area contributed by atoms with Crippen LogP contribution in [0.1, 0.15) is 25.5 Å². The number of hydrogen-bond acceptors (Lipinski definition) is 7. The highest BCUT2D eigenvalue weighted by atomic mass is 35.5. The third-order valence-electron chi connectivity index (χ3n) is 4.27. The van der Waals surface area contributed by atoms with E-state index in [1.807, 2.05) is 0 Å². The van der Waals surface area contributed by atoms with Crippen molar-refractivity contribution >= 4 is 29.5 Å². The molecule has 0 radical (unpaired) electrons. The first-order valence-electron chi connectivity index (χ1n) is 8.37. The van der Waals surface area contributed by atoms with Crippen LogP contribution in [0, 0.1) is 11.8 Å². The van der Waals surface area contributed by atoms with Gasteiger partial charge >= 0.3 is 17.9 Å². The molecule has 1 aromatic carbocycles. The van der Waals surface area contributed by atoms with Crippen LogP contribution < -0.4 is 5.32 Å². The Hall–Kier alpha value is -2.12. The standard InChI is InChI=1S/C18H22ClNO6/c1-4-25-16(21)12-13(17(22)26-5-2)15(18(23)24-3)20-14(12)10-6-8-11(19)9-7-10/h6-9,12-15,20H,4-5H2,1-3H3/t12-,13+,14+,15+/m0/s1. The second kappa shape index (κ2) is 9.00. The van der Waals surface area contributed by atoms with E-state index < -0.39 is 41.8 Å². The summed E-state index contributed by atoms with van der Waals surface area (Å²) in [5, 5.41) is 3.57. The van der Waals surface area contributed by atoms with Crippen LogP contribution >= 0.6 is 11.6 Å². The Labute approximate surface area is 156 Å². The summed E-state index contributed by atoms with van der Waals surface area (Å²) < 4.78 is 15.1. The zero-order valence-electron chi connectivity index (χ0n) is 14.9. The Morgan fingerprint density at radius 3 is 2.00 bits per heavy atom. The van der Waals surface area contributed by atoms with Crippen molar-refractivity contribution in [3.8, 4) is 0 Å². The normalized spacial score (nSPS) is 24.8. The number of esters is 3. The number of benzene rings is 1. The fraction of sp³-hybridized carbons (Fsp3) is 0.500. The molecule has 0 saturated carbocycles. The average Bonchev–Trinajstić information content (AvgIpc) is 3.03. The van der Waals surface area contributed by atoms with E-state index in [1.54, 1.807) is 38.1 Å². The molecule has 2 rings (SSSR count). The number of carbonyl (C=O) groups is 3. The van der Waals surface area contributed by atoms with Crippen LogP contribution in [0.5, 0.6) is 0 Å². The van der Waals surface area contributed by atoms with E-state index in [4.69, 9.17) is 25.8 Å². The number of carbonyl (C=O) groups excluding carboxylic acids is 3. The van der Waals surface area contributed by atoms with Crippen molar-refractivity contribution in [1.29, 1.82) is 0 Å². The van der Waals surface area contributed by atoms with E-state index in [0.717, 1.165) is 0 Å². The van der Waals surface area contributed by atoms with E-state index >= 15 is 0 Å². The van der Waals surface area contributed by atoms with Crippen LogP contribution in [0.25, 0.3) is 0 Å². The summed E-state index contributed by atoms with van der Waals surface area (Å²) in [5.41, 5.74) is 0.702. The molecule has 1 saturated heterocycles. The highest BCUT2D eigenvalue weighted by Crippen LogP contribution is 2.39. The van der Waals surface area contributed by atoms with Gasteiger partial charge in [-0.3, -0.25) is 19.7 Å². The van der Waals surface area contributed by atoms with E-state index in [0.29, 0.717) is 10.6 Å². The molecule has 1 aliphatic rings. The molecule has 1 heterocycles. The minimum Gasteiger partial charge on any atom is -0.468 e. The highest BCUT2D eigenvalue weighted by Gasteiger charge is 2.55. The van der Waals surface area contributed by atoms with Crippen molar-refractivity contribution in [3.05, 3.63) is 34.9 Å². The quantitative estimate of drug-likeness (QED) is 0.592. The molecule has 1 aliphatic heterocycles. The lowest BCUT2D eigenvalue weighted by Crippen LogP contribution is -2.42. The molecular weight excluding hydrogens is 362 g/mol. The Morgan fingerprint density at radius 1 is 0.962 bits per heavy atom. The van der Waals surface area contributed by atoms with Gasteiger partial charge in [-0.25, -0.2) is 0 Å². The number of ether oxygens (including phenoxy) is 3.